The molecule has 0 radical (unpaired) electrons. The summed E-state index contributed by atoms with van der Waals surface area (Å²) in [5.41, 5.74) is 6.47. The van der Waals surface area contributed by atoms with Crippen molar-refractivity contribution >= 4 is 17.3 Å². The molecule has 0 fully saturated rings. The van der Waals surface area contributed by atoms with Gasteiger partial charge in [0.25, 0.3) is 5.89 Å². The van der Waals surface area contributed by atoms with Crippen LogP contribution in [0, 0.1) is 0 Å². The van der Waals surface area contributed by atoms with Gasteiger partial charge in [0, 0.05) is 5.56 Å². The first-order chi connectivity index (χ1) is 9.35. The van der Waals surface area contributed by atoms with Gasteiger partial charge in [-0.3, -0.25) is 0 Å². The number of halogens is 4. The lowest BCUT2D eigenvalue weighted by atomic mass is 10.2. The monoisotopic (exact) mass is 307 g/mol. The van der Waals surface area contributed by atoms with E-state index in [9.17, 15) is 13.2 Å². The molecule has 2 rings (SSSR count). The lowest BCUT2D eigenvalue weighted by Crippen LogP contribution is -2.16. The van der Waals surface area contributed by atoms with Crippen molar-refractivity contribution in [2.75, 3.05) is 12.3 Å². The van der Waals surface area contributed by atoms with Crippen LogP contribution in [0.4, 0.5) is 18.9 Å². The van der Waals surface area contributed by atoms with E-state index in [2.05, 4.69) is 14.9 Å². The van der Waals surface area contributed by atoms with Gasteiger partial charge in [-0.1, -0.05) is 16.8 Å². The Hall–Kier alpha value is -1.80. The van der Waals surface area contributed by atoms with E-state index in [-0.39, 0.29) is 11.7 Å². The maximum atomic E-state index is 11.9. The van der Waals surface area contributed by atoms with Gasteiger partial charge in [0.05, 0.1) is 10.7 Å². The third kappa shape index (κ3) is 3.84. The Kier molecular flexibility index (Phi) is 4.15. The number of rotatable bonds is 4. The van der Waals surface area contributed by atoms with E-state index in [1.165, 1.54) is 6.07 Å². The third-order valence-electron chi connectivity index (χ3n) is 2.21. The predicted octanol–water partition coefficient (Wildman–Crippen LogP) is 3.05. The zero-order chi connectivity index (χ0) is 14.8. The van der Waals surface area contributed by atoms with Crippen LogP contribution in [0.5, 0.6) is 0 Å². The Labute approximate surface area is 116 Å². The summed E-state index contributed by atoms with van der Waals surface area (Å²) < 4.78 is 45.0. The highest BCUT2D eigenvalue weighted by Gasteiger charge is 2.27. The van der Waals surface area contributed by atoms with E-state index in [4.69, 9.17) is 21.9 Å². The van der Waals surface area contributed by atoms with Crippen molar-refractivity contribution in [3.63, 3.8) is 0 Å². The van der Waals surface area contributed by atoms with Gasteiger partial charge in [-0.15, -0.1) is 0 Å². The van der Waals surface area contributed by atoms with Gasteiger partial charge >= 0.3 is 6.18 Å². The summed E-state index contributed by atoms with van der Waals surface area (Å²) in [4.78, 5) is 3.90. The van der Waals surface area contributed by atoms with Crippen molar-refractivity contribution in [3.05, 3.63) is 29.0 Å². The molecule has 0 aliphatic heterocycles. The Morgan fingerprint density at radius 3 is 2.75 bits per heavy atom. The molecule has 0 spiro atoms. The number of ether oxygens (including phenoxy) is 1. The van der Waals surface area contributed by atoms with Gasteiger partial charge < -0.3 is 15.0 Å². The van der Waals surface area contributed by atoms with Gasteiger partial charge in [-0.2, -0.15) is 18.2 Å². The molecule has 0 atom stereocenters. The van der Waals surface area contributed by atoms with E-state index >= 15 is 0 Å². The zero-order valence-electron chi connectivity index (χ0n) is 9.95. The fourth-order valence-electron chi connectivity index (χ4n) is 1.36. The van der Waals surface area contributed by atoms with Crippen LogP contribution >= 0.6 is 11.6 Å². The number of nitrogens with zero attached hydrogens (tertiary/aromatic N) is 2. The number of nitrogens with two attached hydrogens (primary N) is 1. The van der Waals surface area contributed by atoms with E-state index in [0.717, 1.165) is 0 Å². The number of anilines is 1. The van der Waals surface area contributed by atoms with Gasteiger partial charge in [0.15, 0.2) is 5.82 Å². The topological polar surface area (TPSA) is 74.2 Å². The number of nitrogen functional groups attached to an aromatic ring is 1. The summed E-state index contributed by atoms with van der Waals surface area (Å²) in [7, 11) is 0. The molecule has 0 bridgehead atoms. The zero-order valence-corrected chi connectivity index (χ0v) is 10.7. The average Bonchev–Trinajstić information content (AvgIpc) is 2.80. The minimum atomic E-state index is -4.39. The van der Waals surface area contributed by atoms with E-state index in [1.807, 2.05) is 0 Å². The molecule has 0 aliphatic rings. The molecule has 2 aromatic rings. The molecule has 1 aromatic heterocycles. The van der Waals surface area contributed by atoms with Crippen molar-refractivity contribution in [2.45, 2.75) is 12.8 Å². The molecular formula is C11H9ClF3N3O2. The number of alkyl halides is 3. The normalized spacial score (nSPS) is 11.8. The number of benzene rings is 1. The first-order valence-electron chi connectivity index (χ1n) is 5.37. The molecular weight excluding hydrogens is 299 g/mol. The van der Waals surface area contributed by atoms with Crippen LogP contribution in [-0.2, 0) is 11.3 Å². The van der Waals surface area contributed by atoms with E-state index < -0.39 is 19.4 Å². The summed E-state index contributed by atoms with van der Waals surface area (Å²) in [5.74, 6) is 0.136. The van der Waals surface area contributed by atoms with Crippen LogP contribution in [-0.4, -0.2) is 22.9 Å². The Balaban J connectivity index is 2.03. The second-order valence-electron chi connectivity index (χ2n) is 3.86. The number of aromatic nitrogens is 2. The fourth-order valence-corrected chi connectivity index (χ4v) is 1.48. The van der Waals surface area contributed by atoms with E-state index in [1.54, 1.807) is 12.1 Å². The van der Waals surface area contributed by atoms with Gasteiger partial charge in [-0.05, 0) is 18.2 Å². The van der Waals surface area contributed by atoms with Crippen molar-refractivity contribution in [1.82, 2.24) is 10.1 Å². The summed E-state index contributed by atoms with van der Waals surface area (Å²) in [6, 6.07) is 4.68. The summed E-state index contributed by atoms with van der Waals surface area (Å²) >= 11 is 5.77. The third-order valence-corrected chi connectivity index (χ3v) is 2.55. The molecule has 1 heterocycles. The number of hydrogen-bond acceptors (Lipinski definition) is 5. The molecule has 0 unspecified atom stereocenters. The fraction of sp³-hybridized carbons (Fsp3) is 0.273. The summed E-state index contributed by atoms with van der Waals surface area (Å²) in [5, 5.41) is 3.89. The second kappa shape index (κ2) is 5.68. The highest BCUT2D eigenvalue weighted by Crippen LogP contribution is 2.25. The summed E-state index contributed by atoms with van der Waals surface area (Å²) in [6.07, 6.45) is -4.39. The average molecular weight is 308 g/mol. The van der Waals surface area contributed by atoms with Crippen LogP contribution in [0.25, 0.3) is 11.5 Å². The molecule has 9 heteroatoms. The van der Waals surface area contributed by atoms with Crippen LogP contribution in [0.3, 0.4) is 0 Å². The number of hydrogen-bond donors (Lipinski definition) is 1. The first-order valence-corrected chi connectivity index (χ1v) is 5.75. The Morgan fingerprint density at radius 2 is 2.10 bits per heavy atom. The second-order valence-corrected chi connectivity index (χ2v) is 4.27. The maximum absolute atomic E-state index is 11.9. The molecule has 0 saturated heterocycles. The van der Waals surface area contributed by atoms with Gasteiger partial charge in [0.2, 0.25) is 0 Å². The van der Waals surface area contributed by atoms with E-state index in [0.29, 0.717) is 16.3 Å². The van der Waals surface area contributed by atoms with Crippen LogP contribution < -0.4 is 5.73 Å². The van der Waals surface area contributed by atoms with Crippen molar-refractivity contribution in [3.8, 4) is 11.5 Å². The molecule has 2 N–H and O–H groups in total. The molecule has 108 valence electrons. The maximum Gasteiger partial charge on any atom is 0.411 e. The lowest BCUT2D eigenvalue weighted by molar-refractivity contribution is -0.177. The molecule has 5 nitrogen and oxygen atoms in total. The largest absolute Gasteiger partial charge is 0.411 e. The lowest BCUT2D eigenvalue weighted by Gasteiger charge is -2.04. The highest BCUT2D eigenvalue weighted by molar-refractivity contribution is 6.33. The smallest absolute Gasteiger partial charge is 0.398 e. The van der Waals surface area contributed by atoms with Gasteiger partial charge in [-0.25, -0.2) is 0 Å². The Morgan fingerprint density at radius 1 is 1.35 bits per heavy atom. The minimum absolute atomic E-state index is 0.0118. The summed E-state index contributed by atoms with van der Waals surface area (Å²) in [6.45, 7) is -1.77. The quantitative estimate of drug-likeness (QED) is 0.879. The van der Waals surface area contributed by atoms with Crippen LogP contribution in [0.2, 0.25) is 5.02 Å². The SMILES string of the molecule is Nc1cc(-c2nc(COCC(F)(F)F)no2)ccc1Cl. The van der Waals surface area contributed by atoms with Crippen molar-refractivity contribution in [2.24, 2.45) is 0 Å². The van der Waals surface area contributed by atoms with Crippen molar-refractivity contribution in [1.29, 1.82) is 0 Å². The van der Waals surface area contributed by atoms with Crippen molar-refractivity contribution < 1.29 is 22.4 Å². The Bertz CT molecular complexity index is 601. The first kappa shape index (κ1) is 14.6. The highest BCUT2D eigenvalue weighted by atomic mass is 35.5. The van der Waals surface area contributed by atoms with Crippen LogP contribution in [0.15, 0.2) is 22.7 Å². The standard InChI is InChI=1S/C11H9ClF3N3O2/c12-7-2-1-6(3-8(7)16)10-17-9(18-20-10)4-19-5-11(13,14)15/h1-3H,4-5,16H2. The van der Waals surface area contributed by atoms with Gasteiger partial charge in [0.1, 0.15) is 13.2 Å². The predicted molar refractivity (Wildman–Crippen MR) is 64.9 cm³/mol. The molecule has 0 saturated carbocycles. The minimum Gasteiger partial charge on any atom is -0.398 e. The molecule has 20 heavy (non-hydrogen) atoms. The molecule has 0 amide bonds. The molecule has 1 aromatic carbocycles. The van der Waals surface area contributed by atoms with Crippen LogP contribution in [0.1, 0.15) is 5.82 Å². The molecule has 0 aliphatic carbocycles.